The van der Waals surface area contributed by atoms with Crippen LogP contribution < -0.4 is 0 Å². The number of esters is 1. The summed E-state index contributed by atoms with van der Waals surface area (Å²) in [5, 5.41) is 0. The highest BCUT2D eigenvalue weighted by atomic mass is 35.6. The lowest BCUT2D eigenvalue weighted by molar-refractivity contribution is -0.134. The number of methoxy groups -OCH3 is 1. The number of amides is 1. The number of allylic oxidation sites excluding steroid dienone is 1. The van der Waals surface area contributed by atoms with Crippen LogP contribution in [0.4, 0.5) is 4.79 Å². The Labute approximate surface area is 208 Å². The van der Waals surface area contributed by atoms with Crippen molar-refractivity contribution in [1.29, 1.82) is 0 Å². The number of halogens is 3. The average Bonchev–Trinajstić information content (AvgIpc) is 2.75. The van der Waals surface area contributed by atoms with Crippen molar-refractivity contribution in [3.8, 4) is 0 Å². The molecule has 1 amide bonds. The first-order valence-corrected chi connectivity index (χ1v) is 13.1. The molecule has 5 unspecified atom stereocenters. The van der Waals surface area contributed by atoms with Gasteiger partial charge in [-0.05, 0) is 50.9 Å². The number of fused-ring (bicyclic) bond motifs is 1. The van der Waals surface area contributed by atoms with Gasteiger partial charge in [0.15, 0.2) is 0 Å². The summed E-state index contributed by atoms with van der Waals surface area (Å²) in [7, 11) is 1.36. The molecule has 5 nitrogen and oxygen atoms in total. The molecule has 0 aromatic carbocycles. The van der Waals surface area contributed by atoms with Gasteiger partial charge in [-0.2, -0.15) is 0 Å². The Bertz CT molecular complexity index is 637. The highest BCUT2D eigenvalue weighted by Crippen LogP contribution is 2.44. The Morgan fingerprint density at radius 1 is 1.12 bits per heavy atom. The van der Waals surface area contributed by atoms with Gasteiger partial charge >= 0.3 is 12.1 Å². The van der Waals surface area contributed by atoms with Crippen LogP contribution >= 0.6 is 34.8 Å². The molecule has 0 N–H and O–H groups in total. The third kappa shape index (κ3) is 7.99. The van der Waals surface area contributed by atoms with Gasteiger partial charge in [-0.1, -0.05) is 86.3 Å². The minimum atomic E-state index is -1.67. The Morgan fingerprint density at radius 2 is 1.88 bits per heavy atom. The molecule has 5 atom stereocenters. The van der Waals surface area contributed by atoms with Crippen molar-refractivity contribution in [1.82, 2.24) is 4.90 Å². The van der Waals surface area contributed by atoms with Gasteiger partial charge in [0.05, 0.1) is 7.11 Å². The van der Waals surface area contributed by atoms with Crippen LogP contribution in [0.5, 0.6) is 0 Å². The zero-order valence-electron chi connectivity index (χ0n) is 19.5. The van der Waals surface area contributed by atoms with Crippen molar-refractivity contribution in [2.24, 2.45) is 11.8 Å². The van der Waals surface area contributed by atoms with Crippen molar-refractivity contribution in [2.75, 3.05) is 7.11 Å². The molecule has 0 radical (unpaired) electrons. The van der Waals surface area contributed by atoms with E-state index in [-0.39, 0.29) is 18.1 Å². The van der Waals surface area contributed by atoms with Crippen molar-refractivity contribution < 1.29 is 19.1 Å². The van der Waals surface area contributed by atoms with E-state index in [1.165, 1.54) is 45.3 Å². The van der Waals surface area contributed by atoms with Crippen molar-refractivity contribution >= 4 is 46.9 Å². The predicted octanol–water partition coefficient (Wildman–Crippen LogP) is 7.22. The first-order chi connectivity index (χ1) is 15.2. The lowest BCUT2D eigenvalue weighted by atomic mass is 9.68. The summed E-state index contributed by atoms with van der Waals surface area (Å²) in [4.78, 5) is 26.6. The first-order valence-electron chi connectivity index (χ1n) is 12.0. The molecule has 2 aliphatic rings. The van der Waals surface area contributed by atoms with Crippen LogP contribution in [0.3, 0.4) is 0 Å². The van der Waals surface area contributed by atoms with Gasteiger partial charge in [-0.25, -0.2) is 9.59 Å². The molecule has 1 aliphatic carbocycles. The molecule has 8 heteroatoms. The number of hydrogen-bond acceptors (Lipinski definition) is 4. The standard InChI is InChI=1S/C24H38Cl3NO4/c1-4-5-6-10-18-11-9-13-21-20(18)16-15-19(12-7-8-14-22(29)31-3)28(21)23(30)32-17(2)24(25,26)27/h8,14,17-21H,4-7,9-13,15-16H2,1-3H3/b14-8+. The smallest absolute Gasteiger partial charge is 0.410 e. The fourth-order valence-electron chi connectivity index (χ4n) is 5.30. The Morgan fingerprint density at radius 3 is 2.53 bits per heavy atom. The zero-order chi connectivity index (χ0) is 23.7. The highest BCUT2D eigenvalue weighted by Gasteiger charge is 2.46. The molecule has 0 spiro atoms. The average molecular weight is 511 g/mol. The number of piperidine rings is 1. The Balaban J connectivity index is 2.14. The third-order valence-corrected chi connectivity index (χ3v) is 7.93. The van der Waals surface area contributed by atoms with Crippen molar-refractivity contribution in [3.63, 3.8) is 0 Å². The number of unbranched alkanes of at least 4 members (excludes halogenated alkanes) is 2. The van der Waals surface area contributed by atoms with Gasteiger partial charge < -0.3 is 14.4 Å². The normalized spacial score (nSPS) is 27.1. The van der Waals surface area contributed by atoms with E-state index in [1.807, 2.05) is 4.90 Å². The van der Waals surface area contributed by atoms with E-state index in [0.717, 1.165) is 32.1 Å². The molecule has 0 aromatic rings. The van der Waals surface area contributed by atoms with E-state index in [0.29, 0.717) is 18.3 Å². The Kier molecular flexibility index (Phi) is 11.5. The van der Waals surface area contributed by atoms with Gasteiger partial charge in [0.25, 0.3) is 0 Å². The number of rotatable bonds is 9. The maximum absolute atomic E-state index is 13.3. The van der Waals surface area contributed by atoms with E-state index < -0.39 is 16.0 Å². The summed E-state index contributed by atoms with van der Waals surface area (Å²) < 4.78 is 8.61. The number of alkyl halides is 3. The maximum atomic E-state index is 13.3. The number of carbonyl (C=O) groups excluding carboxylic acids is 2. The number of carbonyl (C=O) groups is 2. The van der Waals surface area contributed by atoms with Crippen LogP contribution in [0.15, 0.2) is 12.2 Å². The summed E-state index contributed by atoms with van der Waals surface area (Å²) in [5.74, 6) is 0.781. The number of nitrogens with zero attached hydrogens (tertiary/aromatic N) is 1. The molecular weight excluding hydrogens is 473 g/mol. The highest BCUT2D eigenvalue weighted by molar-refractivity contribution is 6.68. The number of ether oxygens (including phenoxy) is 2. The van der Waals surface area contributed by atoms with Gasteiger partial charge in [0.1, 0.15) is 6.10 Å². The second kappa shape index (κ2) is 13.3. The minimum Gasteiger partial charge on any atom is -0.466 e. The quantitative estimate of drug-likeness (QED) is 0.142. The maximum Gasteiger partial charge on any atom is 0.410 e. The summed E-state index contributed by atoms with van der Waals surface area (Å²) in [6.07, 6.45) is 13.8. The van der Waals surface area contributed by atoms with E-state index in [2.05, 4.69) is 11.7 Å². The number of likely N-dealkylation sites (tertiary alicyclic amines) is 1. The van der Waals surface area contributed by atoms with Crippen LogP contribution in [0.25, 0.3) is 0 Å². The predicted molar refractivity (Wildman–Crippen MR) is 130 cm³/mol. The molecule has 0 bridgehead atoms. The van der Waals surface area contributed by atoms with E-state index in [4.69, 9.17) is 39.5 Å². The summed E-state index contributed by atoms with van der Waals surface area (Å²) >= 11 is 17.9. The summed E-state index contributed by atoms with van der Waals surface area (Å²) in [6, 6.07) is 0.205. The fraction of sp³-hybridized carbons (Fsp3) is 0.833. The topological polar surface area (TPSA) is 55.8 Å². The largest absolute Gasteiger partial charge is 0.466 e. The van der Waals surface area contributed by atoms with Crippen molar-refractivity contribution in [2.45, 2.75) is 106 Å². The van der Waals surface area contributed by atoms with Gasteiger partial charge in [-0.15, -0.1) is 0 Å². The minimum absolute atomic E-state index is 0.0445. The molecular formula is C24H38Cl3NO4. The van der Waals surface area contributed by atoms with Crippen LogP contribution in [-0.4, -0.2) is 46.1 Å². The first kappa shape index (κ1) is 27.6. The summed E-state index contributed by atoms with van der Waals surface area (Å²) in [6.45, 7) is 3.84. The molecule has 2 rings (SSSR count). The van der Waals surface area contributed by atoms with Gasteiger partial charge in [0, 0.05) is 18.2 Å². The van der Waals surface area contributed by atoms with Crippen LogP contribution in [-0.2, 0) is 14.3 Å². The molecule has 32 heavy (non-hydrogen) atoms. The monoisotopic (exact) mass is 509 g/mol. The van der Waals surface area contributed by atoms with Crippen LogP contribution in [0.1, 0.15) is 84.5 Å². The summed E-state index contributed by atoms with van der Waals surface area (Å²) in [5.41, 5.74) is 0. The van der Waals surface area contributed by atoms with Crippen molar-refractivity contribution in [3.05, 3.63) is 12.2 Å². The molecule has 0 aromatic heterocycles. The van der Waals surface area contributed by atoms with Crippen LogP contribution in [0.2, 0.25) is 0 Å². The molecule has 1 saturated heterocycles. The lowest BCUT2D eigenvalue weighted by Gasteiger charge is -2.51. The zero-order valence-corrected chi connectivity index (χ0v) is 21.8. The number of hydrogen-bond donors (Lipinski definition) is 0. The third-order valence-electron chi connectivity index (χ3n) is 7.01. The Hall–Kier alpha value is -0.650. The molecule has 2 fully saturated rings. The SMILES string of the molecule is CCCCCC1CCCC2C1CCC(CC/C=C/C(=O)OC)N2C(=O)OC(C)C(Cl)(Cl)Cl. The van der Waals surface area contributed by atoms with E-state index in [1.54, 1.807) is 13.0 Å². The van der Waals surface area contributed by atoms with E-state index >= 15 is 0 Å². The molecule has 184 valence electrons. The molecule has 1 heterocycles. The molecule has 1 aliphatic heterocycles. The van der Waals surface area contributed by atoms with Gasteiger partial charge in [0.2, 0.25) is 3.79 Å². The second-order valence-electron chi connectivity index (χ2n) is 9.13. The van der Waals surface area contributed by atoms with E-state index in [9.17, 15) is 9.59 Å². The fourth-order valence-corrected chi connectivity index (χ4v) is 5.43. The van der Waals surface area contributed by atoms with Gasteiger partial charge in [-0.3, -0.25) is 0 Å². The molecule has 1 saturated carbocycles. The van der Waals surface area contributed by atoms with Crippen LogP contribution in [0, 0.1) is 11.8 Å². The second-order valence-corrected chi connectivity index (χ2v) is 11.5. The lowest BCUT2D eigenvalue weighted by Crippen LogP contribution is -2.57.